The van der Waals surface area contributed by atoms with Gasteiger partial charge in [0, 0.05) is 38.8 Å². The molecule has 0 aromatic rings. The summed E-state index contributed by atoms with van der Waals surface area (Å²) in [4.78, 5) is 2.65. The normalized spacial score (nSPS) is 26.3. The number of methoxy groups -OCH3 is 1. The van der Waals surface area contributed by atoms with Crippen LogP contribution in [0, 0.1) is 11.3 Å². The second kappa shape index (κ2) is 7.22. The van der Waals surface area contributed by atoms with E-state index in [4.69, 9.17) is 9.47 Å². The van der Waals surface area contributed by atoms with E-state index in [9.17, 15) is 0 Å². The highest BCUT2D eigenvalue weighted by atomic mass is 79.9. The molecule has 2 heterocycles. The molecule has 2 aliphatic heterocycles. The van der Waals surface area contributed by atoms with E-state index in [1.807, 2.05) is 7.11 Å². The summed E-state index contributed by atoms with van der Waals surface area (Å²) in [5.41, 5.74) is 0.451. The fourth-order valence-electron chi connectivity index (χ4n) is 3.16. The summed E-state index contributed by atoms with van der Waals surface area (Å²) in [6.07, 6.45) is 5.00. The second-order valence-electron chi connectivity index (χ2n) is 5.92. The lowest BCUT2D eigenvalue weighted by Crippen LogP contribution is -2.45. The highest BCUT2D eigenvalue weighted by Crippen LogP contribution is 2.34. The third-order valence-electron chi connectivity index (χ3n) is 4.51. The van der Waals surface area contributed by atoms with E-state index in [-0.39, 0.29) is 0 Å². The molecule has 18 heavy (non-hydrogen) atoms. The molecule has 0 radical (unpaired) electrons. The Morgan fingerprint density at radius 3 is 2.50 bits per heavy atom. The summed E-state index contributed by atoms with van der Waals surface area (Å²) in [7, 11) is 1.81. The molecule has 106 valence electrons. The largest absolute Gasteiger partial charge is 0.384 e. The van der Waals surface area contributed by atoms with Gasteiger partial charge in [-0.15, -0.1) is 0 Å². The number of alkyl halides is 1. The number of piperidine rings is 1. The number of ether oxygens (including phenoxy) is 2. The monoisotopic (exact) mass is 319 g/mol. The van der Waals surface area contributed by atoms with Crippen LogP contribution >= 0.6 is 15.9 Å². The van der Waals surface area contributed by atoms with Gasteiger partial charge in [0.1, 0.15) is 0 Å². The third-order valence-corrected chi connectivity index (χ3v) is 5.69. The van der Waals surface area contributed by atoms with E-state index in [0.717, 1.165) is 31.1 Å². The van der Waals surface area contributed by atoms with E-state index in [2.05, 4.69) is 20.8 Å². The average Bonchev–Trinajstić information content (AvgIpc) is 2.42. The smallest absolute Gasteiger partial charge is 0.0491 e. The van der Waals surface area contributed by atoms with Gasteiger partial charge >= 0.3 is 0 Å². The van der Waals surface area contributed by atoms with Crippen LogP contribution < -0.4 is 0 Å². The molecule has 0 aliphatic carbocycles. The summed E-state index contributed by atoms with van der Waals surface area (Å²) in [5.74, 6) is 0.779. The molecule has 2 fully saturated rings. The summed E-state index contributed by atoms with van der Waals surface area (Å²) in [6.45, 7) is 6.53. The lowest BCUT2D eigenvalue weighted by atomic mass is 9.81. The van der Waals surface area contributed by atoms with Crippen LogP contribution in [0.5, 0.6) is 0 Å². The minimum absolute atomic E-state index is 0.451. The molecule has 2 rings (SSSR count). The first kappa shape index (κ1) is 14.8. The van der Waals surface area contributed by atoms with Gasteiger partial charge in [-0.1, -0.05) is 15.9 Å². The summed E-state index contributed by atoms with van der Waals surface area (Å²) in [5, 5.41) is 1.11. The van der Waals surface area contributed by atoms with Gasteiger partial charge < -0.3 is 14.4 Å². The maximum Gasteiger partial charge on any atom is 0.0491 e. The summed E-state index contributed by atoms with van der Waals surface area (Å²) < 4.78 is 10.8. The van der Waals surface area contributed by atoms with Gasteiger partial charge in [-0.05, 0) is 50.1 Å². The first-order chi connectivity index (χ1) is 8.78. The molecule has 0 bridgehead atoms. The third kappa shape index (κ3) is 3.92. The number of rotatable bonds is 5. The number of hydrogen-bond donors (Lipinski definition) is 0. The highest BCUT2D eigenvalue weighted by molar-refractivity contribution is 9.09. The Morgan fingerprint density at radius 2 is 1.94 bits per heavy atom. The van der Waals surface area contributed by atoms with E-state index in [1.165, 1.54) is 45.3 Å². The molecule has 0 spiro atoms. The van der Waals surface area contributed by atoms with Gasteiger partial charge in [0.25, 0.3) is 0 Å². The molecule has 4 heteroatoms. The highest BCUT2D eigenvalue weighted by Gasteiger charge is 2.34. The zero-order valence-corrected chi connectivity index (χ0v) is 13.1. The maximum atomic E-state index is 5.51. The number of likely N-dealkylation sites (tertiary alicyclic amines) is 1. The Labute approximate surface area is 119 Å². The Balaban J connectivity index is 1.79. The molecule has 2 aliphatic rings. The second-order valence-corrected chi connectivity index (χ2v) is 6.48. The lowest BCUT2D eigenvalue weighted by Gasteiger charge is -2.42. The van der Waals surface area contributed by atoms with E-state index < -0.39 is 0 Å². The summed E-state index contributed by atoms with van der Waals surface area (Å²) >= 11 is 3.73. The topological polar surface area (TPSA) is 21.7 Å². The number of nitrogens with zero attached hydrogens (tertiary/aromatic N) is 1. The van der Waals surface area contributed by atoms with Gasteiger partial charge in [0.05, 0.1) is 0 Å². The van der Waals surface area contributed by atoms with Crippen molar-refractivity contribution < 1.29 is 9.47 Å². The van der Waals surface area contributed by atoms with Gasteiger partial charge in [0.15, 0.2) is 0 Å². The van der Waals surface area contributed by atoms with Gasteiger partial charge in [-0.2, -0.15) is 0 Å². The van der Waals surface area contributed by atoms with Crippen molar-refractivity contribution in [3.63, 3.8) is 0 Å². The van der Waals surface area contributed by atoms with Crippen molar-refractivity contribution in [3.05, 3.63) is 0 Å². The first-order valence-corrected chi connectivity index (χ1v) is 8.25. The minimum Gasteiger partial charge on any atom is -0.384 e. The van der Waals surface area contributed by atoms with E-state index >= 15 is 0 Å². The van der Waals surface area contributed by atoms with Crippen LogP contribution in [0.1, 0.15) is 25.7 Å². The molecule has 2 saturated heterocycles. The zero-order valence-electron chi connectivity index (χ0n) is 11.5. The standard InChI is InChI=1S/C14H26BrNO2/c1-17-10-13-2-6-16(7-3-13)12-14(11-15)4-8-18-9-5-14/h13H,2-12H2,1H3. The van der Waals surface area contributed by atoms with Crippen molar-refractivity contribution in [2.24, 2.45) is 11.3 Å². The lowest BCUT2D eigenvalue weighted by molar-refractivity contribution is -0.000314. The Hall–Kier alpha value is 0.360. The quantitative estimate of drug-likeness (QED) is 0.727. The SMILES string of the molecule is COCC1CCN(CC2(CBr)CCOCC2)CC1. The van der Waals surface area contributed by atoms with Gasteiger partial charge in [0.2, 0.25) is 0 Å². The number of hydrogen-bond acceptors (Lipinski definition) is 3. The Morgan fingerprint density at radius 1 is 1.28 bits per heavy atom. The van der Waals surface area contributed by atoms with Crippen molar-refractivity contribution in [1.82, 2.24) is 4.90 Å². The Kier molecular flexibility index (Phi) is 5.93. The van der Waals surface area contributed by atoms with Crippen molar-refractivity contribution >= 4 is 15.9 Å². The van der Waals surface area contributed by atoms with Crippen LogP contribution in [0.25, 0.3) is 0 Å². The molecule has 0 aromatic carbocycles. The fraction of sp³-hybridized carbons (Fsp3) is 1.00. The van der Waals surface area contributed by atoms with Crippen molar-refractivity contribution in [3.8, 4) is 0 Å². The molecule has 0 atom stereocenters. The molecule has 0 aromatic heterocycles. The van der Waals surface area contributed by atoms with Crippen molar-refractivity contribution in [1.29, 1.82) is 0 Å². The van der Waals surface area contributed by atoms with Crippen molar-refractivity contribution in [2.45, 2.75) is 25.7 Å². The van der Waals surface area contributed by atoms with E-state index in [1.54, 1.807) is 0 Å². The van der Waals surface area contributed by atoms with Crippen LogP contribution in [0.3, 0.4) is 0 Å². The predicted molar refractivity (Wildman–Crippen MR) is 77.3 cm³/mol. The first-order valence-electron chi connectivity index (χ1n) is 7.13. The van der Waals surface area contributed by atoms with Crippen LogP contribution in [-0.4, -0.2) is 56.8 Å². The molecular weight excluding hydrogens is 294 g/mol. The molecular formula is C14H26BrNO2. The predicted octanol–water partition coefficient (Wildman–Crippen LogP) is 2.54. The summed E-state index contributed by atoms with van der Waals surface area (Å²) in [6, 6.07) is 0. The molecule has 0 amide bonds. The Bertz CT molecular complexity index is 236. The molecule has 0 saturated carbocycles. The van der Waals surface area contributed by atoms with Crippen LogP contribution in [0.15, 0.2) is 0 Å². The average molecular weight is 320 g/mol. The maximum absolute atomic E-state index is 5.51. The fourth-order valence-corrected chi connectivity index (χ4v) is 3.90. The molecule has 0 N–H and O–H groups in total. The number of halogens is 1. The van der Waals surface area contributed by atoms with Gasteiger partial charge in [-0.25, -0.2) is 0 Å². The minimum atomic E-state index is 0.451. The van der Waals surface area contributed by atoms with Gasteiger partial charge in [-0.3, -0.25) is 0 Å². The molecule has 0 unspecified atom stereocenters. The van der Waals surface area contributed by atoms with Crippen molar-refractivity contribution in [2.75, 3.05) is 51.9 Å². The van der Waals surface area contributed by atoms with Crippen LogP contribution in [0.4, 0.5) is 0 Å². The molecule has 3 nitrogen and oxygen atoms in total. The van der Waals surface area contributed by atoms with Crippen LogP contribution in [0.2, 0.25) is 0 Å². The zero-order chi connectivity index (χ0) is 12.8. The van der Waals surface area contributed by atoms with E-state index in [0.29, 0.717) is 5.41 Å². The van der Waals surface area contributed by atoms with Crippen LogP contribution in [-0.2, 0) is 9.47 Å².